The molecule has 0 aliphatic rings. The largest absolute Gasteiger partial charge is 0.462 e. The third-order valence-corrected chi connectivity index (χ3v) is 5.15. The molecule has 9 heteroatoms. The molecule has 0 unspecified atom stereocenters. The Balaban J connectivity index is 1.22. The number of carbonyl (C=O) groups excluding carboxylic acids is 2. The lowest BCUT2D eigenvalue weighted by Crippen LogP contribution is -2.11. The van der Waals surface area contributed by atoms with E-state index in [9.17, 15) is 9.59 Å². The molecule has 0 radical (unpaired) electrons. The maximum absolute atomic E-state index is 12.2. The molecule has 4 rings (SSSR count). The number of anilines is 1. The van der Waals surface area contributed by atoms with Crippen LogP contribution in [-0.4, -0.2) is 33.6 Å². The number of carbonyl (C=O) groups is 2. The molecule has 0 spiro atoms. The Bertz CT molecular complexity index is 1140. The monoisotopic (exact) mass is 434 g/mol. The number of rotatable bonds is 8. The van der Waals surface area contributed by atoms with Crippen molar-refractivity contribution < 1.29 is 18.8 Å². The Morgan fingerprint density at radius 3 is 2.71 bits per heavy atom. The van der Waals surface area contributed by atoms with Crippen LogP contribution in [0.5, 0.6) is 0 Å². The van der Waals surface area contributed by atoms with Crippen molar-refractivity contribution >= 4 is 28.9 Å². The average Bonchev–Trinajstić information content (AvgIpc) is 3.50. The molecule has 0 fully saturated rings. The molecule has 0 atom stereocenters. The summed E-state index contributed by atoms with van der Waals surface area (Å²) in [6.07, 6.45) is 4.38. The van der Waals surface area contributed by atoms with Gasteiger partial charge in [-0.3, -0.25) is 9.78 Å². The van der Waals surface area contributed by atoms with Crippen molar-refractivity contribution in [1.29, 1.82) is 0 Å². The summed E-state index contributed by atoms with van der Waals surface area (Å²) in [4.78, 5) is 33.2. The van der Waals surface area contributed by atoms with Crippen LogP contribution in [0.4, 0.5) is 5.69 Å². The van der Waals surface area contributed by atoms with Crippen molar-refractivity contribution in [3.63, 3.8) is 0 Å². The predicted molar refractivity (Wildman–Crippen MR) is 115 cm³/mol. The van der Waals surface area contributed by atoms with Gasteiger partial charge in [-0.25, -0.2) is 4.79 Å². The van der Waals surface area contributed by atoms with Crippen LogP contribution in [0.15, 0.2) is 70.8 Å². The smallest absolute Gasteiger partial charge is 0.338 e. The topological polar surface area (TPSA) is 107 Å². The van der Waals surface area contributed by atoms with E-state index in [0.29, 0.717) is 40.7 Å². The Labute approximate surface area is 181 Å². The molecule has 1 aromatic carbocycles. The number of hydrogen-bond acceptors (Lipinski definition) is 8. The third-order valence-electron chi connectivity index (χ3n) is 4.28. The Morgan fingerprint density at radius 2 is 1.97 bits per heavy atom. The lowest BCUT2D eigenvalue weighted by atomic mass is 10.2. The van der Waals surface area contributed by atoms with Gasteiger partial charge < -0.3 is 14.6 Å². The number of aryl methyl sites for hydroxylation is 1. The molecule has 31 heavy (non-hydrogen) atoms. The lowest BCUT2D eigenvalue weighted by molar-refractivity contribution is 0.0498. The van der Waals surface area contributed by atoms with Gasteiger partial charge in [-0.2, -0.15) is 4.98 Å². The van der Waals surface area contributed by atoms with Crippen LogP contribution in [0, 0.1) is 0 Å². The van der Waals surface area contributed by atoms with E-state index in [1.54, 1.807) is 48.8 Å². The van der Waals surface area contributed by atoms with Crippen LogP contribution in [0.2, 0.25) is 0 Å². The zero-order valence-corrected chi connectivity index (χ0v) is 17.2. The van der Waals surface area contributed by atoms with Gasteiger partial charge in [0.1, 0.15) is 0 Å². The van der Waals surface area contributed by atoms with Gasteiger partial charge in [0, 0.05) is 30.1 Å². The van der Waals surface area contributed by atoms with E-state index in [1.165, 1.54) is 11.3 Å². The number of thiophene rings is 1. The zero-order chi connectivity index (χ0) is 21.5. The summed E-state index contributed by atoms with van der Waals surface area (Å²) in [5.41, 5.74) is 1.79. The molecule has 4 aromatic rings. The molecule has 0 saturated carbocycles. The van der Waals surface area contributed by atoms with Crippen LogP contribution in [0.1, 0.15) is 32.3 Å². The molecule has 3 aromatic heterocycles. The summed E-state index contributed by atoms with van der Waals surface area (Å²) in [6.45, 7) is 0.223. The summed E-state index contributed by atoms with van der Waals surface area (Å²) in [5, 5.41) is 8.56. The van der Waals surface area contributed by atoms with E-state index in [0.717, 1.165) is 5.56 Å². The zero-order valence-electron chi connectivity index (χ0n) is 16.4. The minimum atomic E-state index is -0.433. The molecule has 1 amide bonds. The fourth-order valence-corrected chi connectivity index (χ4v) is 3.35. The second-order valence-electron chi connectivity index (χ2n) is 6.50. The molecule has 0 saturated heterocycles. The molecule has 0 bridgehead atoms. The summed E-state index contributed by atoms with van der Waals surface area (Å²) in [7, 11) is 0. The van der Waals surface area contributed by atoms with E-state index in [-0.39, 0.29) is 12.5 Å². The molecule has 3 heterocycles. The van der Waals surface area contributed by atoms with Gasteiger partial charge in [-0.1, -0.05) is 11.2 Å². The Hall–Kier alpha value is -3.85. The first kappa shape index (κ1) is 20.4. The standard InChI is InChI=1S/C22H18N4O4S/c27-21(18-5-3-13-31-18)24-17-9-7-15(8-10-17)22(28)29-12-2-6-19-25-20(26-30-19)16-4-1-11-23-14-16/h1,3-5,7-11,13-14H,2,6,12H2,(H,24,27). The van der Waals surface area contributed by atoms with Gasteiger partial charge in [0.25, 0.3) is 5.91 Å². The van der Waals surface area contributed by atoms with Crippen molar-refractivity contribution in [2.24, 2.45) is 0 Å². The second-order valence-corrected chi connectivity index (χ2v) is 7.45. The van der Waals surface area contributed by atoms with Gasteiger partial charge in [0.15, 0.2) is 0 Å². The Morgan fingerprint density at radius 1 is 1.10 bits per heavy atom. The van der Waals surface area contributed by atoms with E-state index in [2.05, 4.69) is 20.4 Å². The van der Waals surface area contributed by atoms with Crippen LogP contribution < -0.4 is 5.32 Å². The molecule has 8 nitrogen and oxygen atoms in total. The quantitative estimate of drug-likeness (QED) is 0.326. The van der Waals surface area contributed by atoms with Crippen LogP contribution in [-0.2, 0) is 11.2 Å². The fraction of sp³-hybridized carbons (Fsp3) is 0.136. The first-order chi connectivity index (χ1) is 15.2. The Kier molecular flexibility index (Phi) is 6.44. The van der Waals surface area contributed by atoms with Gasteiger partial charge in [-0.15, -0.1) is 11.3 Å². The number of ether oxygens (including phenoxy) is 1. The van der Waals surface area contributed by atoms with E-state index >= 15 is 0 Å². The first-order valence-electron chi connectivity index (χ1n) is 9.54. The number of esters is 1. The fourth-order valence-electron chi connectivity index (χ4n) is 2.73. The minimum absolute atomic E-state index is 0.182. The van der Waals surface area contributed by atoms with Crippen LogP contribution >= 0.6 is 11.3 Å². The van der Waals surface area contributed by atoms with Crippen molar-refractivity contribution in [2.75, 3.05) is 11.9 Å². The van der Waals surface area contributed by atoms with E-state index < -0.39 is 5.97 Å². The third kappa shape index (κ3) is 5.40. The summed E-state index contributed by atoms with van der Waals surface area (Å²) < 4.78 is 10.5. The van der Waals surface area contributed by atoms with Gasteiger partial charge in [0.05, 0.1) is 17.0 Å². The van der Waals surface area contributed by atoms with Gasteiger partial charge in [0.2, 0.25) is 11.7 Å². The number of hydrogen-bond donors (Lipinski definition) is 1. The maximum atomic E-state index is 12.2. The van der Waals surface area contributed by atoms with Crippen molar-refractivity contribution in [2.45, 2.75) is 12.8 Å². The number of nitrogens with zero attached hydrogens (tertiary/aromatic N) is 3. The number of benzene rings is 1. The predicted octanol–water partition coefficient (Wildman–Crippen LogP) is 4.24. The van der Waals surface area contributed by atoms with Crippen molar-refractivity contribution in [3.05, 3.63) is 82.6 Å². The molecule has 156 valence electrons. The molecular formula is C22H18N4O4S. The van der Waals surface area contributed by atoms with Gasteiger partial charge in [-0.05, 0) is 54.3 Å². The first-order valence-corrected chi connectivity index (χ1v) is 10.4. The maximum Gasteiger partial charge on any atom is 0.338 e. The number of nitrogens with one attached hydrogen (secondary N) is 1. The SMILES string of the molecule is O=C(OCCCc1nc(-c2cccnc2)no1)c1ccc(NC(=O)c2cccs2)cc1. The van der Waals surface area contributed by atoms with E-state index in [1.807, 2.05) is 17.5 Å². The molecule has 1 N–H and O–H groups in total. The molecule has 0 aliphatic heterocycles. The molecular weight excluding hydrogens is 416 g/mol. The van der Waals surface area contributed by atoms with Crippen molar-refractivity contribution in [1.82, 2.24) is 15.1 Å². The lowest BCUT2D eigenvalue weighted by Gasteiger charge is -2.06. The number of aromatic nitrogens is 3. The van der Waals surface area contributed by atoms with Gasteiger partial charge >= 0.3 is 5.97 Å². The van der Waals surface area contributed by atoms with E-state index in [4.69, 9.17) is 9.26 Å². The highest BCUT2D eigenvalue weighted by atomic mass is 32.1. The summed E-state index contributed by atoms with van der Waals surface area (Å²) in [5.74, 6) is 0.336. The highest BCUT2D eigenvalue weighted by Gasteiger charge is 2.11. The highest BCUT2D eigenvalue weighted by Crippen LogP contribution is 2.16. The minimum Gasteiger partial charge on any atom is -0.462 e. The second kappa shape index (κ2) is 9.77. The van der Waals surface area contributed by atoms with Crippen LogP contribution in [0.3, 0.4) is 0 Å². The molecule has 0 aliphatic carbocycles. The average molecular weight is 434 g/mol. The van der Waals surface area contributed by atoms with Crippen LogP contribution in [0.25, 0.3) is 11.4 Å². The highest BCUT2D eigenvalue weighted by molar-refractivity contribution is 7.12. The summed E-state index contributed by atoms with van der Waals surface area (Å²) >= 11 is 1.36. The summed E-state index contributed by atoms with van der Waals surface area (Å²) in [6, 6.07) is 13.8. The number of amides is 1. The number of pyridine rings is 1. The normalized spacial score (nSPS) is 10.6. The van der Waals surface area contributed by atoms with Crippen molar-refractivity contribution in [3.8, 4) is 11.4 Å².